The molecule has 0 radical (unpaired) electrons. The lowest BCUT2D eigenvalue weighted by Gasteiger charge is -2.30. The van der Waals surface area contributed by atoms with Crippen molar-refractivity contribution in [3.63, 3.8) is 0 Å². The van der Waals surface area contributed by atoms with Gasteiger partial charge in [-0.15, -0.1) is 0 Å². The van der Waals surface area contributed by atoms with E-state index in [1.54, 1.807) is 19.2 Å². The zero-order chi connectivity index (χ0) is 18.2. The highest BCUT2D eigenvalue weighted by Gasteiger charge is 2.21. The SMILES string of the molecule is COCCCNC(=O)Nc1ccc(C(=O)N2CCC(C)CC2)cc1C. The number of benzene rings is 1. The number of rotatable bonds is 6. The number of piperidine rings is 1. The van der Waals surface area contributed by atoms with Crippen molar-refractivity contribution in [2.75, 3.05) is 38.7 Å². The molecule has 0 saturated carbocycles. The van der Waals surface area contributed by atoms with Gasteiger partial charge in [0.1, 0.15) is 0 Å². The van der Waals surface area contributed by atoms with Crippen molar-refractivity contribution < 1.29 is 14.3 Å². The van der Waals surface area contributed by atoms with E-state index >= 15 is 0 Å². The molecule has 1 aromatic carbocycles. The number of methoxy groups -OCH3 is 1. The van der Waals surface area contributed by atoms with Crippen LogP contribution in [0.1, 0.15) is 42.1 Å². The largest absolute Gasteiger partial charge is 0.385 e. The molecule has 6 nitrogen and oxygen atoms in total. The van der Waals surface area contributed by atoms with Crippen LogP contribution < -0.4 is 10.6 Å². The first-order valence-electron chi connectivity index (χ1n) is 8.95. The maximum atomic E-state index is 12.6. The minimum absolute atomic E-state index is 0.0746. The summed E-state index contributed by atoms with van der Waals surface area (Å²) in [5.74, 6) is 0.769. The van der Waals surface area contributed by atoms with Crippen LogP contribution >= 0.6 is 0 Å². The van der Waals surface area contributed by atoms with Crippen molar-refractivity contribution in [3.05, 3.63) is 29.3 Å². The molecule has 1 saturated heterocycles. The van der Waals surface area contributed by atoms with Gasteiger partial charge in [-0.1, -0.05) is 6.92 Å². The number of likely N-dealkylation sites (tertiary alicyclic amines) is 1. The molecule has 0 spiro atoms. The number of hydrogen-bond acceptors (Lipinski definition) is 3. The molecule has 1 heterocycles. The number of carbonyl (C=O) groups excluding carboxylic acids is 2. The normalized spacial score (nSPS) is 15.1. The highest BCUT2D eigenvalue weighted by atomic mass is 16.5. The van der Waals surface area contributed by atoms with E-state index in [2.05, 4.69) is 17.6 Å². The van der Waals surface area contributed by atoms with Gasteiger partial charge in [-0.3, -0.25) is 4.79 Å². The summed E-state index contributed by atoms with van der Waals surface area (Å²) in [4.78, 5) is 26.4. The topological polar surface area (TPSA) is 70.7 Å². The molecule has 1 aliphatic heterocycles. The van der Waals surface area contributed by atoms with Crippen molar-refractivity contribution in [1.82, 2.24) is 10.2 Å². The molecule has 3 amide bonds. The van der Waals surface area contributed by atoms with Crippen LogP contribution in [0.5, 0.6) is 0 Å². The Labute approximate surface area is 149 Å². The van der Waals surface area contributed by atoms with Crippen molar-refractivity contribution >= 4 is 17.6 Å². The maximum absolute atomic E-state index is 12.6. The molecule has 6 heteroatoms. The summed E-state index contributed by atoms with van der Waals surface area (Å²) >= 11 is 0. The van der Waals surface area contributed by atoms with Crippen LogP contribution in [0.4, 0.5) is 10.5 Å². The van der Waals surface area contributed by atoms with Crippen LogP contribution in [0.3, 0.4) is 0 Å². The quantitative estimate of drug-likeness (QED) is 0.777. The minimum atomic E-state index is -0.247. The second-order valence-corrected chi connectivity index (χ2v) is 6.73. The number of urea groups is 1. The Bertz CT molecular complexity index is 596. The first-order chi connectivity index (χ1) is 12.0. The molecule has 1 aromatic rings. The Morgan fingerprint density at radius 1 is 1.28 bits per heavy atom. The number of carbonyl (C=O) groups is 2. The number of nitrogens with zero attached hydrogens (tertiary/aromatic N) is 1. The highest BCUT2D eigenvalue weighted by molar-refractivity contribution is 5.96. The van der Waals surface area contributed by atoms with Gasteiger partial charge in [0.15, 0.2) is 0 Å². The molecule has 138 valence electrons. The van der Waals surface area contributed by atoms with E-state index in [0.29, 0.717) is 30.3 Å². The molecular weight excluding hydrogens is 318 g/mol. The van der Waals surface area contributed by atoms with E-state index in [1.807, 2.05) is 17.9 Å². The third-order valence-corrected chi connectivity index (χ3v) is 4.60. The average molecular weight is 347 g/mol. The smallest absolute Gasteiger partial charge is 0.319 e. The molecule has 1 fully saturated rings. The summed E-state index contributed by atoms with van der Waals surface area (Å²) in [7, 11) is 1.64. The summed E-state index contributed by atoms with van der Waals surface area (Å²) < 4.78 is 4.94. The second-order valence-electron chi connectivity index (χ2n) is 6.73. The Hall–Kier alpha value is -2.08. The standard InChI is InChI=1S/C19H29N3O3/c1-14-7-10-22(11-8-14)18(23)16-5-6-17(15(2)13-16)21-19(24)20-9-4-12-25-3/h5-6,13-14H,4,7-12H2,1-3H3,(H2,20,21,24). The van der Waals surface area contributed by atoms with Crippen LogP contribution in [-0.4, -0.2) is 50.2 Å². The Balaban J connectivity index is 1.91. The van der Waals surface area contributed by atoms with Crippen molar-refractivity contribution in [3.8, 4) is 0 Å². The van der Waals surface area contributed by atoms with Gasteiger partial charge in [-0.2, -0.15) is 0 Å². The van der Waals surface area contributed by atoms with E-state index in [0.717, 1.165) is 37.9 Å². The number of amides is 3. The zero-order valence-electron chi connectivity index (χ0n) is 15.4. The summed E-state index contributed by atoms with van der Waals surface area (Å²) in [6, 6.07) is 5.18. The first-order valence-corrected chi connectivity index (χ1v) is 8.95. The molecule has 0 atom stereocenters. The lowest BCUT2D eigenvalue weighted by molar-refractivity contribution is 0.0697. The van der Waals surface area contributed by atoms with E-state index in [-0.39, 0.29) is 11.9 Å². The van der Waals surface area contributed by atoms with Crippen LogP contribution in [-0.2, 0) is 4.74 Å². The molecule has 1 aliphatic rings. The van der Waals surface area contributed by atoms with E-state index in [4.69, 9.17) is 4.74 Å². The number of anilines is 1. The fraction of sp³-hybridized carbons (Fsp3) is 0.579. The second kappa shape index (κ2) is 9.42. The predicted octanol–water partition coefficient (Wildman–Crippen LogP) is 3.03. The minimum Gasteiger partial charge on any atom is -0.385 e. The van der Waals surface area contributed by atoms with Crippen LogP contribution in [0.15, 0.2) is 18.2 Å². The maximum Gasteiger partial charge on any atom is 0.319 e. The molecular formula is C19H29N3O3. The Morgan fingerprint density at radius 2 is 2.00 bits per heavy atom. The van der Waals surface area contributed by atoms with Crippen molar-refractivity contribution in [2.24, 2.45) is 5.92 Å². The van der Waals surface area contributed by atoms with Gasteiger partial charge in [0.25, 0.3) is 5.91 Å². The van der Waals surface area contributed by atoms with Gasteiger partial charge in [-0.25, -0.2) is 4.79 Å². The van der Waals surface area contributed by atoms with Crippen LogP contribution in [0.2, 0.25) is 0 Å². The molecule has 25 heavy (non-hydrogen) atoms. The molecule has 2 rings (SSSR count). The number of aryl methyl sites for hydroxylation is 1. The third kappa shape index (κ3) is 5.74. The van der Waals surface area contributed by atoms with Gasteiger partial charge < -0.3 is 20.3 Å². The molecule has 0 aromatic heterocycles. The lowest BCUT2D eigenvalue weighted by Crippen LogP contribution is -2.38. The van der Waals surface area contributed by atoms with Crippen LogP contribution in [0, 0.1) is 12.8 Å². The van der Waals surface area contributed by atoms with Crippen LogP contribution in [0.25, 0.3) is 0 Å². The van der Waals surface area contributed by atoms with Gasteiger partial charge in [0.2, 0.25) is 0 Å². The average Bonchev–Trinajstić information content (AvgIpc) is 2.60. The van der Waals surface area contributed by atoms with Gasteiger partial charge in [-0.05, 0) is 55.9 Å². The number of hydrogen-bond donors (Lipinski definition) is 2. The molecule has 0 aliphatic carbocycles. The van der Waals surface area contributed by atoms with Gasteiger partial charge in [0, 0.05) is 44.6 Å². The lowest BCUT2D eigenvalue weighted by atomic mass is 9.98. The summed E-state index contributed by atoms with van der Waals surface area (Å²) in [6.07, 6.45) is 2.89. The van der Waals surface area contributed by atoms with Crippen molar-refractivity contribution in [2.45, 2.75) is 33.1 Å². The fourth-order valence-electron chi connectivity index (χ4n) is 2.92. The van der Waals surface area contributed by atoms with Gasteiger partial charge in [0.05, 0.1) is 0 Å². The van der Waals surface area contributed by atoms with Gasteiger partial charge >= 0.3 is 6.03 Å². The summed E-state index contributed by atoms with van der Waals surface area (Å²) in [5.41, 5.74) is 2.27. The monoisotopic (exact) mass is 347 g/mol. The highest BCUT2D eigenvalue weighted by Crippen LogP contribution is 2.21. The Morgan fingerprint density at radius 3 is 2.64 bits per heavy atom. The van der Waals surface area contributed by atoms with E-state index < -0.39 is 0 Å². The van der Waals surface area contributed by atoms with Crippen molar-refractivity contribution in [1.29, 1.82) is 0 Å². The van der Waals surface area contributed by atoms with E-state index in [9.17, 15) is 9.59 Å². The summed E-state index contributed by atoms with van der Waals surface area (Å²) in [5, 5.41) is 5.60. The third-order valence-electron chi connectivity index (χ3n) is 4.60. The Kier molecular flexibility index (Phi) is 7.25. The van der Waals surface area contributed by atoms with E-state index in [1.165, 1.54) is 0 Å². The molecule has 0 bridgehead atoms. The predicted molar refractivity (Wildman–Crippen MR) is 99.0 cm³/mol. The number of ether oxygens (including phenoxy) is 1. The fourth-order valence-corrected chi connectivity index (χ4v) is 2.92. The molecule has 2 N–H and O–H groups in total. The molecule has 0 unspecified atom stereocenters. The summed E-state index contributed by atoms with van der Waals surface area (Å²) in [6.45, 7) is 6.95. The zero-order valence-corrected chi connectivity index (χ0v) is 15.4. The number of nitrogens with one attached hydrogen (secondary N) is 2. The first kappa shape index (κ1) is 19.2.